The van der Waals surface area contributed by atoms with Crippen LogP contribution in [0.25, 0.3) is 0 Å². The molecule has 0 amide bonds. The van der Waals surface area contributed by atoms with Gasteiger partial charge in [0.1, 0.15) is 18.2 Å². The Morgan fingerprint density at radius 1 is 1.29 bits per heavy atom. The van der Waals surface area contributed by atoms with E-state index in [0.717, 1.165) is 17.5 Å². The van der Waals surface area contributed by atoms with E-state index in [1.807, 2.05) is 26.0 Å². The summed E-state index contributed by atoms with van der Waals surface area (Å²) in [5.74, 6) is -0.748. The lowest BCUT2D eigenvalue weighted by Crippen LogP contribution is -2.23. The summed E-state index contributed by atoms with van der Waals surface area (Å²) >= 11 is 0. The number of carboxylic acid groups (broad SMARTS) is 1. The first-order chi connectivity index (χ1) is 14.3. The van der Waals surface area contributed by atoms with Gasteiger partial charge in [-0.3, -0.25) is 5.41 Å². The van der Waals surface area contributed by atoms with Crippen LogP contribution in [0.2, 0.25) is 0 Å². The molecule has 0 bridgehead atoms. The van der Waals surface area contributed by atoms with E-state index >= 15 is 0 Å². The standard InChI is InChI=1S/C23H29N3O4.ClH/c1-4-14(3)18-12-15(5-2)13-19(21(18)30-11-10-27)20(23(28)29)26-17-8-6-16(7-9-17)22(24)25;/h4,6-9,12-14,20,26-27H,1,5,10-11H2,2-3H3,(H3,24,25)(H,28,29);1H/t14-,20?;/m0./s1. The number of nitrogens with one attached hydrogen (secondary N) is 2. The molecule has 0 heterocycles. The van der Waals surface area contributed by atoms with Gasteiger partial charge in [-0.15, -0.1) is 19.0 Å². The molecule has 0 aliphatic heterocycles. The van der Waals surface area contributed by atoms with Crippen LogP contribution in [0.5, 0.6) is 5.75 Å². The van der Waals surface area contributed by atoms with E-state index in [1.54, 1.807) is 30.3 Å². The van der Waals surface area contributed by atoms with Gasteiger partial charge in [0.15, 0.2) is 6.04 Å². The van der Waals surface area contributed by atoms with Crippen molar-refractivity contribution in [2.24, 2.45) is 5.73 Å². The Morgan fingerprint density at radius 3 is 2.39 bits per heavy atom. The van der Waals surface area contributed by atoms with Gasteiger partial charge < -0.3 is 26.0 Å². The number of benzene rings is 2. The molecule has 7 nitrogen and oxygen atoms in total. The van der Waals surface area contributed by atoms with Crippen molar-refractivity contribution in [3.63, 3.8) is 0 Å². The quantitative estimate of drug-likeness (QED) is 0.202. The smallest absolute Gasteiger partial charge is 0.330 e. The number of carboxylic acids is 1. The summed E-state index contributed by atoms with van der Waals surface area (Å²) in [6, 6.07) is 9.39. The van der Waals surface area contributed by atoms with Crippen molar-refractivity contribution in [1.29, 1.82) is 5.41 Å². The van der Waals surface area contributed by atoms with Crippen molar-refractivity contribution in [2.45, 2.75) is 32.2 Å². The minimum Gasteiger partial charge on any atom is -0.491 e. The van der Waals surface area contributed by atoms with E-state index in [-0.39, 0.29) is 37.4 Å². The van der Waals surface area contributed by atoms with Crippen molar-refractivity contribution < 1.29 is 19.7 Å². The second kappa shape index (κ2) is 12.0. The summed E-state index contributed by atoms with van der Waals surface area (Å²) in [4.78, 5) is 12.2. The van der Waals surface area contributed by atoms with E-state index in [0.29, 0.717) is 22.6 Å². The lowest BCUT2D eigenvalue weighted by atomic mass is 9.91. The fourth-order valence-corrected chi connectivity index (χ4v) is 3.12. The lowest BCUT2D eigenvalue weighted by Gasteiger charge is -2.24. The van der Waals surface area contributed by atoms with Crippen molar-refractivity contribution in [2.75, 3.05) is 18.5 Å². The Bertz CT molecular complexity index is 916. The van der Waals surface area contributed by atoms with Crippen LogP contribution >= 0.6 is 12.4 Å². The molecule has 0 aliphatic carbocycles. The number of anilines is 1. The van der Waals surface area contributed by atoms with Gasteiger partial charge in [-0.1, -0.05) is 26.0 Å². The number of nitrogens with two attached hydrogens (primary N) is 1. The van der Waals surface area contributed by atoms with Crippen LogP contribution in [-0.2, 0) is 11.2 Å². The summed E-state index contributed by atoms with van der Waals surface area (Å²) in [7, 11) is 0. The summed E-state index contributed by atoms with van der Waals surface area (Å²) < 4.78 is 5.81. The Balaban J connectivity index is 0.00000480. The number of aryl methyl sites for hydroxylation is 1. The van der Waals surface area contributed by atoms with Crippen LogP contribution < -0.4 is 15.8 Å². The molecular formula is C23H30ClN3O4. The fourth-order valence-electron chi connectivity index (χ4n) is 3.12. The SMILES string of the molecule is C=C[C@H](C)c1cc(CC)cc(C(Nc2ccc(C(=N)N)cc2)C(=O)O)c1OCCO.Cl. The van der Waals surface area contributed by atoms with E-state index in [2.05, 4.69) is 11.9 Å². The molecule has 0 fully saturated rings. The minimum atomic E-state index is -1.08. The van der Waals surface area contributed by atoms with Crippen LogP contribution in [0.4, 0.5) is 5.69 Å². The predicted molar refractivity (Wildman–Crippen MR) is 126 cm³/mol. The number of hydrogen-bond donors (Lipinski definition) is 5. The Morgan fingerprint density at radius 2 is 1.90 bits per heavy atom. The Kier molecular flexibility index (Phi) is 10.0. The third-order valence-electron chi connectivity index (χ3n) is 4.86. The van der Waals surface area contributed by atoms with E-state index in [1.165, 1.54) is 0 Å². The second-order valence-electron chi connectivity index (χ2n) is 6.96. The van der Waals surface area contributed by atoms with E-state index < -0.39 is 12.0 Å². The fraction of sp³-hybridized carbons (Fsp3) is 0.304. The van der Waals surface area contributed by atoms with Crippen molar-refractivity contribution in [3.8, 4) is 5.75 Å². The van der Waals surface area contributed by atoms with Gasteiger partial charge in [0.25, 0.3) is 0 Å². The number of carbonyl (C=O) groups is 1. The van der Waals surface area contributed by atoms with Gasteiger partial charge in [-0.2, -0.15) is 0 Å². The highest BCUT2D eigenvalue weighted by Gasteiger charge is 2.27. The first-order valence-electron chi connectivity index (χ1n) is 9.79. The molecule has 0 aliphatic rings. The zero-order valence-corrected chi connectivity index (χ0v) is 18.5. The molecule has 0 saturated heterocycles. The highest BCUT2D eigenvalue weighted by Crippen LogP contribution is 2.37. The summed E-state index contributed by atoms with van der Waals surface area (Å²) in [5, 5.41) is 29.8. The normalized spacial score (nSPS) is 12.2. The maximum atomic E-state index is 12.2. The number of amidine groups is 1. The maximum Gasteiger partial charge on any atom is 0.330 e. The molecule has 8 heteroatoms. The average Bonchev–Trinajstić information content (AvgIpc) is 2.75. The van der Waals surface area contributed by atoms with Crippen molar-refractivity contribution >= 4 is 29.9 Å². The van der Waals surface area contributed by atoms with Crippen molar-refractivity contribution in [1.82, 2.24) is 0 Å². The lowest BCUT2D eigenvalue weighted by molar-refractivity contribution is -0.138. The third-order valence-corrected chi connectivity index (χ3v) is 4.86. The number of halogens is 1. The highest BCUT2D eigenvalue weighted by atomic mass is 35.5. The van der Waals surface area contributed by atoms with Crippen LogP contribution in [0, 0.1) is 5.41 Å². The molecule has 0 spiro atoms. The zero-order valence-electron chi connectivity index (χ0n) is 17.7. The number of aliphatic hydroxyl groups excluding tert-OH is 1. The molecule has 2 aromatic carbocycles. The number of aliphatic carboxylic acids is 1. The van der Waals surface area contributed by atoms with Gasteiger partial charge >= 0.3 is 5.97 Å². The zero-order chi connectivity index (χ0) is 22.3. The van der Waals surface area contributed by atoms with Gasteiger partial charge in [0.2, 0.25) is 0 Å². The monoisotopic (exact) mass is 447 g/mol. The predicted octanol–water partition coefficient (Wildman–Crippen LogP) is 3.85. The summed E-state index contributed by atoms with van der Waals surface area (Å²) in [6.45, 7) is 7.67. The molecule has 2 rings (SSSR count). The highest BCUT2D eigenvalue weighted by molar-refractivity contribution is 5.95. The number of aliphatic hydroxyl groups is 1. The van der Waals surface area contributed by atoms with Gasteiger partial charge in [-0.05, 0) is 42.3 Å². The van der Waals surface area contributed by atoms with Crippen LogP contribution in [-0.4, -0.2) is 35.2 Å². The molecule has 2 atom stereocenters. The van der Waals surface area contributed by atoms with Gasteiger partial charge in [0.05, 0.1) is 6.61 Å². The molecule has 0 saturated carbocycles. The Hall–Kier alpha value is -3.03. The van der Waals surface area contributed by atoms with Gasteiger partial charge in [0, 0.05) is 28.3 Å². The number of ether oxygens (including phenoxy) is 1. The topological polar surface area (TPSA) is 129 Å². The van der Waals surface area contributed by atoms with Crippen molar-refractivity contribution in [3.05, 3.63) is 71.3 Å². The molecule has 2 aromatic rings. The second-order valence-corrected chi connectivity index (χ2v) is 6.96. The minimum absolute atomic E-state index is 0. The van der Waals surface area contributed by atoms with E-state index in [9.17, 15) is 15.0 Å². The molecule has 1 unspecified atom stereocenters. The third kappa shape index (κ3) is 6.47. The number of hydrogen-bond acceptors (Lipinski definition) is 5. The van der Waals surface area contributed by atoms with E-state index in [4.69, 9.17) is 15.9 Å². The average molecular weight is 448 g/mol. The van der Waals surface area contributed by atoms with Crippen LogP contribution in [0.15, 0.2) is 49.1 Å². The largest absolute Gasteiger partial charge is 0.491 e. The molecular weight excluding hydrogens is 418 g/mol. The number of allylic oxidation sites excluding steroid dienone is 1. The first kappa shape index (κ1) is 26.0. The van der Waals surface area contributed by atoms with Crippen LogP contribution in [0.3, 0.4) is 0 Å². The number of nitrogen functional groups attached to an aromatic ring is 1. The molecule has 0 radical (unpaired) electrons. The van der Waals surface area contributed by atoms with Gasteiger partial charge in [-0.25, -0.2) is 4.79 Å². The maximum absolute atomic E-state index is 12.2. The molecule has 31 heavy (non-hydrogen) atoms. The molecule has 0 aromatic heterocycles. The summed E-state index contributed by atoms with van der Waals surface area (Å²) in [6.07, 6.45) is 2.50. The summed E-state index contributed by atoms with van der Waals surface area (Å²) in [5.41, 5.74) is 8.89. The molecule has 6 N–H and O–H groups in total. The number of rotatable bonds is 11. The Labute approximate surface area is 188 Å². The first-order valence-corrected chi connectivity index (χ1v) is 9.79. The molecule has 168 valence electrons. The van der Waals surface area contributed by atoms with Crippen LogP contribution in [0.1, 0.15) is 48.1 Å².